The Labute approximate surface area is 314 Å². The number of benzene rings is 4. The number of pyridine rings is 1. The molecule has 11 heteroatoms. The van der Waals surface area contributed by atoms with E-state index in [-0.39, 0.29) is 23.3 Å². The van der Waals surface area contributed by atoms with E-state index in [9.17, 15) is 14.4 Å². The summed E-state index contributed by atoms with van der Waals surface area (Å²) in [5.41, 5.74) is 7.65. The molecule has 1 saturated heterocycles. The van der Waals surface area contributed by atoms with Gasteiger partial charge in [0.2, 0.25) is 5.95 Å². The second kappa shape index (κ2) is 16.3. The molecule has 0 radical (unpaired) electrons. The number of rotatable bonds is 10. The molecule has 1 fully saturated rings. The highest BCUT2D eigenvalue weighted by Gasteiger charge is 2.21. The highest BCUT2D eigenvalue weighted by molar-refractivity contribution is 6.07. The minimum absolute atomic E-state index is 0.0431. The summed E-state index contributed by atoms with van der Waals surface area (Å²) in [6.07, 6.45) is 4.62. The van der Waals surface area contributed by atoms with E-state index in [0.29, 0.717) is 39.8 Å². The Morgan fingerprint density at radius 3 is 2.07 bits per heavy atom. The summed E-state index contributed by atoms with van der Waals surface area (Å²) in [7, 11) is 0. The van der Waals surface area contributed by atoms with Gasteiger partial charge < -0.3 is 25.8 Å². The van der Waals surface area contributed by atoms with Gasteiger partial charge in [0.25, 0.3) is 17.7 Å². The third-order valence-electron chi connectivity index (χ3n) is 9.44. The van der Waals surface area contributed by atoms with Crippen molar-refractivity contribution in [2.75, 3.05) is 48.7 Å². The summed E-state index contributed by atoms with van der Waals surface area (Å²) in [6.45, 7) is 8.33. The quantitative estimate of drug-likeness (QED) is 0.133. The standard InChI is InChI=1S/C43H40N8O3/c1-3-50-21-23-51(24-22-50)42(54)34-16-12-32(13-17-34)38-19-20-45-43(48-38)49-39-26-36(18-9-29(39)2)46-41(53)35-25-37(28-44-27-35)47-40(52)33-14-10-31(11-15-33)30-7-5-4-6-8-30/h4-20,25-28H,3,21-24H2,1-2H3,(H,46,53)(H,47,52)(H,45,48,49). The van der Waals surface area contributed by atoms with E-state index >= 15 is 0 Å². The molecule has 0 unspecified atom stereocenters. The summed E-state index contributed by atoms with van der Waals surface area (Å²) in [5, 5.41) is 9.04. The minimum atomic E-state index is -0.385. The molecule has 0 atom stereocenters. The summed E-state index contributed by atoms with van der Waals surface area (Å²) in [6, 6.07) is 33.7. The Balaban J connectivity index is 0.977. The minimum Gasteiger partial charge on any atom is -0.336 e. The fourth-order valence-electron chi connectivity index (χ4n) is 6.25. The number of carbonyl (C=O) groups is 3. The number of carbonyl (C=O) groups excluding carboxylic acids is 3. The maximum atomic E-state index is 13.3. The van der Waals surface area contributed by atoms with Gasteiger partial charge in [-0.3, -0.25) is 19.4 Å². The van der Waals surface area contributed by atoms with Gasteiger partial charge in [0.1, 0.15) is 0 Å². The number of aromatic nitrogens is 3. The van der Waals surface area contributed by atoms with Crippen LogP contribution in [0.25, 0.3) is 22.4 Å². The molecular weight excluding hydrogens is 677 g/mol. The van der Waals surface area contributed by atoms with E-state index < -0.39 is 0 Å². The second-order valence-electron chi connectivity index (χ2n) is 13.0. The molecule has 0 aliphatic carbocycles. The summed E-state index contributed by atoms with van der Waals surface area (Å²) < 4.78 is 0. The first-order valence-electron chi connectivity index (χ1n) is 17.9. The highest BCUT2D eigenvalue weighted by Crippen LogP contribution is 2.26. The molecule has 3 heterocycles. The van der Waals surface area contributed by atoms with Crippen LogP contribution in [0.5, 0.6) is 0 Å². The Hall–Kier alpha value is -6.72. The lowest BCUT2D eigenvalue weighted by Gasteiger charge is -2.34. The van der Waals surface area contributed by atoms with Crippen LogP contribution in [0.1, 0.15) is 43.6 Å². The number of nitrogens with one attached hydrogen (secondary N) is 3. The van der Waals surface area contributed by atoms with Crippen LogP contribution in [0.2, 0.25) is 0 Å². The third-order valence-corrected chi connectivity index (χ3v) is 9.44. The molecule has 0 bridgehead atoms. The smallest absolute Gasteiger partial charge is 0.257 e. The largest absolute Gasteiger partial charge is 0.336 e. The van der Waals surface area contributed by atoms with Crippen LogP contribution >= 0.6 is 0 Å². The molecule has 1 aliphatic rings. The Morgan fingerprint density at radius 1 is 0.667 bits per heavy atom. The average molecular weight is 717 g/mol. The van der Waals surface area contributed by atoms with Crippen LogP contribution in [0.3, 0.4) is 0 Å². The number of hydrogen-bond donors (Lipinski definition) is 3. The van der Waals surface area contributed by atoms with E-state index in [4.69, 9.17) is 4.98 Å². The van der Waals surface area contributed by atoms with Crippen LogP contribution in [-0.2, 0) is 0 Å². The maximum absolute atomic E-state index is 13.3. The van der Waals surface area contributed by atoms with Crippen molar-refractivity contribution >= 4 is 40.7 Å². The average Bonchev–Trinajstić information content (AvgIpc) is 3.22. The Morgan fingerprint density at radius 2 is 1.33 bits per heavy atom. The number of hydrogen-bond acceptors (Lipinski definition) is 8. The number of anilines is 4. The molecule has 4 aromatic carbocycles. The zero-order valence-corrected chi connectivity index (χ0v) is 30.1. The van der Waals surface area contributed by atoms with Gasteiger partial charge in [0.05, 0.1) is 23.1 Å². The van der Waals surface area contributed by atoms with Crippen molar-refractivity contribution in [2.24, 2.45) is 0 Å². The number of nitrogens with zero attached hydrogens (tertiary/aromatic N) is 5. The topological polar surface area (TPSA) is 132 Å². The van der Waals surface area contributed by atoms with Crippen molar-refractivity contribution in [2.45, 2.75) is 13.8 Å². The zero-order valence-electron chi connectivity index (χ0n) is 30.1. The van der Waals surface area contributed by atoms with Crippen LogP contribution in [0.15, 0.2) is 128 Å². The molecule has 11 nitrogen and oxygen atoms in total. The predicted octanol–water partition coefficient (Wildman–Crippen LogP) is 7.54. The fourth-order valence-corrected chi connectivity index (χ4v) is 6.25. The molecule has 54 heavy (non-hydrogen) atoms. The molecule has 3 amide bonds. The monoisotopic (exact) mass is 716 g/mol. The van der Waals surface area contributed by atoms with Crippen molar-refractivity contribution in [1.29, 1.82) is 0 Å². The molecule has 270 valence electrons. The molecule has 6 aromatic rings. The van der Waals surface area contributed by atoms with E-state index in [1.165, 1.54) is 12.4 Å². The van der Waals surface area contributed by atoms with Crippen molar-refractivity contribution in [1.82, 2.24) is 24.8 Å². The van der Waals surface area contributed by atoms with Gasteiger partial charge in [-0.15, -0.1) is 0 Å². The van der Waals surface area contributed by atoms with E-state index in [0.717, 1.165) is 55.0 Å². The van der Waals surface area contributed by atoms with Crippen molar-refractivity contribution in [3.63, 3.8) is 0 Å². The highest BCUT2D eigenvalue weighted by atomic mass is 16.2. The number of piperazine rings is 1. The third kappa shape index (κ3) is 8.49. The zero-order chi connectivity index (χ0) is 37.4. The van der Waals surface area contributed by atoms with Gasteiger partial charge in [-0.2, -0.15) is 0 Å². The van der Waals surface area contributed by atoms with Gasteiger partial charge in [-0.05, 0) is 78.7 Å². The van der Waals surface area contributed by atoms with Crippen LogP contribution < -0.4 is 16.0 Å². The molecule has 7 rings (SSSR count). The van der Waals surface area contributed by atoms with E-state index in [2.05, 4.69) is 37.7 Å². The molecule has 0 saturated carbocycles. The number of likely N-dealkylation sites (N-methyl/N-ethyl adjacent to an activating group) is 1. The predicted molar refractivity (Wildman–Crippen MR) is 212 cm³/mol. The van der Waals surface area contributed by atoms with Crippen LogP contribution in [0, 0.1) is 6.92 Å². The maximum Gasteiger partial charge on any atom is 0.257 e. The first-order valence-corrected chi connectivity index (χ1v) is 17.9. The summed E-state index contributed by atoms with van der Waals surface area (Å²) >= 11 is 0. The first-order chi connectivity index (χ1) is 26.3. The Kier molecular flexibility index (Phi) is 10.8. The SMILES string of the molecule is CCN1CCN(C(=O)c2ccc(-c3ccnc(Nc4cc(NC(=O)c5cncc(NC(=O)c6ccc(-c7ccccc7)cc6)c5)ccc4C)n3)cc2)CC1. The molecular formula is C43H40N8O3. The fraction of sp³-hybridized carbons (Fsp3) is 0.163. The lowest BCUT2D eigenvalue weighted by Crippen LogP contribution is -2.48. The molecule has 0 spiro atoms. The number of amides is 3. The van der Waals surface area contributed by atoms with Crippen LogP contribution in [0.4, 0.5) is 23.0 Å². The van der Waals surface area contributed by atoms with Gasteiger partial charge in [0.15, 0.2) is 0 Å². The molecule has 2 aromatic heterocycles. The molecule has 3 N–H and O–H groups in total. The van der Waals surface area contributed by atoms with E-state index in [1.54, 1.807) is 30.5 Å². The number of aryl methyl sites for hydroxylation is 1. The Bertz CT molecular complexity index is 2270. The second-order valence-corrected chi connectivity index (χ2v) is 13.0. The van der Waals surface area contributed by atoms with Crippen molar-refractivity contribution in [3.05, 3.63) is 150 Å². The van der Waals surface area contributed by atoms with E-state index in [1.807, 2.05) is 96.8 Å². The van der Waals surface area contributed by atoms with Gasteiger partial charge in [-0.1, -0.05) is 67.6 Å². The lowest BCUT2D eigenvalue weighted by atomic mass is 10.0. The summed E-state index contributed by atoms with van der Waals surface area (Å²) in [4.78, 5) is 56.9. The summed E-state index contributed by atoms with van der Waals surface area (Å²) in [5.74, 6) is -0.265. The lowest BCUT2D eigenvalue weighted by molar-refractivity contribution is 0.0643. The van der Waals surface area contributed by atoms with Gasteiger partial charge >= 0.3 is 0 Å². The first kappa shape index (κ1) is 35.7. The van der Waals surface area contributed by atoms with Crippen molar-refractivity contribution in [3.8, 4) is 22.4 Å². The van der Waals surface area contributed by atoms with Gasteiger partial charge in [-0.25, -0.2) is 9.97 Å². The molecule has 1 aliphatic heterocycles. The normalized spacial score (nSPS) is 12.9. The van der Waals surface area contributed by atoms with Gasteiger partial charge in [0, 0.05) is 66.6 Å². The van der Waals surface area contributed by atoms with Crippen molar-refractivity contribution < 1.29 is 14.4 Å². The van der Waals surface area contributed by atoms with Crippen LogP contribution in [-0.4, -0.2) is 75.2 Å².